The van der Waals surface area contributed by atoms with Crippen molar-refractivity contribution in [2.24, 2.45) is 5.92 Å². The third kappa shape index (κ3) is 14.6. The lowest BCUT2D eigenvalue weighted by Gasteiger charge is -2.40. The van der Waals surface area contributed by atoms with Crippen molar-refractivity contribution in [3.8, 4) is 6.07 Å². The number of unbranched alkanes of at least 4 members (excludes halogenated alkanes) is 2. The number of aromatic nitrogens is 3. The van der Waals surface area contributed by atoms with Gasteiger partial charge in [-0.25, -0.2) is 27.6 Å². The van der Waals surface area contributed by atoms with Crippen LogP contribution >= 0.6 is 11.8 Å². The SMILES string of the molecule is CC(C)COS(=O)(=O)CCCCCC(=O)OCOC(=O)O[C@@](Cn1cncn1)(c1ccc(F)cc1F)[C@@H](C)SC1COC(/C=C/C=C/c2ccc(C#N)cc2F)OC1. The highest BCUT2D eigenvalue weighted by Crippen LogP contribution is 2.42. The molecule has 3 aromatic rings. The van der Waals surface area contributed by atoms with E-state index in [0.717, 1.165) is 18.2 Å². The standard InChI is InChI=1S/C39H45F3N4O10S2/c1-27(2)20-55-58(49,50)16-8-4-5-10-36(47)53-26-54-38(48)56-39(23-46-25-44-24-45-46,33-15-14-31(40)18-35(33)42)28(3)57-32-21-51-37(52-22-32)11-7-6-9-30-13-12-29(19-43)17-34(30)41/h6-7,9,11-15,17-18,24-25,27-28,32,37H,4-5,8,10,16,20-23,26H2,1-3H3/b9-6+,11-7+/t28-,32?,37?,39-/m1/s1. The van der Waals surface area contributed by atoms with Crippen molar-refractivity contribution in [2.75, 3.05) is 32.4 Å². The van der Waals surface area contributed by atoms with Gasteiger partial charge in [0.05, 0.1) is 49.0 Å². The Balaban J connectivity index is 1.37. The van der Waals surface area contributed by atoms with E-state index in [1.165, 1.54) is 47.3 Å². The highest BCUT2D eigenvalue weighted by atomic mass is 32.2. The minimum atomic E-state index is -3.66. The Hall–Kier alpha value is -4.74. The molecule has 1 aromatic heterocycles. The molecule has 0 amide bonds. The number of rotatable bonds is 21. The van der Waals surface area contributed by atoms with Crippen molar-refractivity contribution in [3.05, 3.63) is 101 Å². The number of benzene rings is 2. The summed E-state index contributed by atoms with van der Waals surface area (Å²) in [5, 5.41) is 11.9. The lowest BCUT2D eigenvalue weighted by Crippen LogP contribution is -2.47. The fourth-order valence-electron chi connectivity index (χ4n) is 5.54. The Bertz CT molecular complexity index is 2020. The minimum Gasteiger partial charge on any atom is -0.428 e. The third-order valence-electron chi connectivity index (χ3n) is 8.50. The van der Waals surface area contributed by atoms with Gasteiger partial charge in [0, 0.05) is 28.9 Å². The second kappa shape index (κ2) is 22.4. The number of hydrogen-bond acceptors (Lipinski definition) is 14. The lowest BCUT2D eigenvalue weighted by molar-refractivity contribution is -0.155. The maximum Gasteiger partial charge on any atom is 0.512 e. The van der Waals surface area contributed by atoms with Gasteiger partial charge >= 0.3 is 12.1 Å². The van der Waals surface area contributed by atoms with Crippen LogP contribution in [0.3, 0.4) is 0 Å². The van der Waals surface area contributed by atoms with Crippen LogP contribution in [0.2, 0.25) is 0 Å². The molecule has 58 heavy (non-hydrogen) atoms. The van der Waals surface area contributed by atoms with Crippen LogP contribution in [-0.2, 0) is 54.9 Å². The number of carbonyl (C=O) groups is 2. The number of nitrogens with zero attached hydrogens (tertiary/aromatic N) is 4. The maximum absolute atomic E-state index is 15.7. The number of allylic oxidation sites excluding steroid dienone is 2. The van der Waals surface area contributed by atoms with Crippen molar-refractivity contribution in [1.82, 2.24) is 14.8 Å². The maximum atomic E-state index is 15.7. The highest BCUT2D eigenvalue weighted by Gasteiger charge is 2.47. The van der Waals surface area contributed by atoms with E-state index in [-0.39, 0.29) is 67.3 Å². The Kier molecular flexibility index (Phi) is 17.8. The van der Waals surface area contributed by atoms with Crippen molar-refractivity contribution >= 4 is 40.1 Å². The summed E-state index contributed by atoms with van der Waals surface area (Å²) in [5.41, 5.74) is -1.60. The van der Waals surface area contributed by atoms with Gasteiger partial charge in [0.1, 0.15) is 30.1 Å². The molecule has 314 valence electrons. The van der Waals surface area contributed by atoms with E-state index in [1.54, 1.807) is 25.2 Å². The molecule has 1 aliphatic rings. The highest BCUT2D eigenvalue weighted by molar-refractivity contribution is 8.00. The zero-order valence-electron chi connectivity index (χ0n) is 32.1. The second-order valence-corrected chi connectivity index (χ2v) is 16.9. The quantitative estimate of drug-likeness (QED) is 0.0359. The van der Waals surface area contributed by atoms with Gasteiger partial charge in [-0.3, -0.25) is 8.98 Å². The molecule has 4 rings (SSSR count). The van der Waals surface area contributed by atoms with Crippen LogP contribution in [0.15, 0.2) is 67.3 Å². The lowest BCUT2D eigenvalue weighted by atomic mass is 9.89. The largest absolute Gasteiger partial charge is 0.512 e. The Morgan fingerprint density at radius 1 is 1.05 bits per heavy atom. The summed E-state index contributed by atoms with van der Waals surface area (Å²) in [6.07, 6.45) is 7.77. The van der Waals surface area contributed by atoms with Crippen LogP contribution in [0.5, 0.6) is 0 Å². The predicted octanol–water partition coefficient (Wildman–Crippen LogP) is 6.81. The summed E-state index contributed by atoms with van der Waals surface area (Å²) >= 11 is 1.24. The minimum absolute atomic E-state index is 0.0593. The Labute approximate surface area is 339 Å². The summed E-state index contributed by atoms with van der Waals surface area (Å²) in [6.45, 7) is 4.61. The first-order chi connectivity index (χ1) is 27.7. The monoisotopic (exact) mass is 850 g/mol. The van der Waals surface area contributed by atoms with E-state index in [4.69, 9.17) is 33.1 Å². The molecule has 2 atom stereocenters. The smallest absolute Gasteiger partial charge is 0.428 e. The van der Waals surface area contributed by atoms with Gasteiger partial charge in [-0.2, -0.15) is 18.8 Å². The molecule has 0 unspecified atom stereocenters. The normalized spacial score (nSPS) is 17.6. The van der Waals surface area contributed by atoms with E-state index < -0.39 is 63.6 Å². The van der Waals surface area contributed by atoms with Crippen molar-refractivity contribution < 1.29 is 59.0 Å². The fraction of sp³-hybridized carbons (Fsp3) is 0.462. The van der Waals surface area contributed by atoms with Crippen LogP contribution in [0.4, 0.5) is 18.0 Å². The number of esters is 1. The van der Waals surface area contributed by atoms with Crippen LogP contribution in [0, 0.1) is 34.7 Å². The average Bonchev–Trinajstić information content (AvgIpc) is 3.69. The summed E-state index contributed by atoms with van der Waals surface area (Å²) < 4.78 is 102. The summed E-state index contributed by atoms with van der Waals surface area (Å²) in [5.74, 6) is -3.25. The Morgan fingerprint density at radius 3 is 2.50 bits per heavy atom. The summed E-state index contributed by atoms with van der Waals surface area (Å²) in [7, 11) is -3.66. The first-order valence-electron chi connectivity index (χ1n) is 18.3. The number of nitriles is 1. The topological polar surface area (TPSA) is 178 Å². The van der Waals surface area contributed by atoms with E-state index in [9.17, 15) is 26.8 Å². The molecule has 1 aliphatic heterocycles. The van der Waals surface area contributed by atoms with Crippen molar-refractivity contribution in [1.29, 1.82) is 5.26 Å². The molecule has 0 radical (unpaired) electrons. The molecule has 0 spiro atoms. The predicted molar refractivity (Wildman–Crippen MR) is 205 cm³/mol. The van der Waals surface area contributed by atoms with Gasteiger partial charge in [-0.15, -0.1) is 11.8 Å². The number of halogens is 3. The number of ether oxygens (including phenoxy) is 5. The van der Waals surface area contributed by atoms with E-state index in [0.29, 0.717) is 24.5 Å². The van der Waals surface area contributed by atoms with Crippen LogP contribution in [0.1, 0.15) is 63.1 Å². The molecule has 19 heteroatoms. The molecule has 2 aromatic carbocycles. The van der Waals surface area contributed by atoms with E-state index in [2.05, 4.69) is 10.1 Å². The van der Waals surface area contributed by atoms with E-state index in [1.807, 2.05) is 19.9 Å². The van der Waals surface area contributed by atoms with Gasteiger partial charge in [0.15, 0.2) is 11.9 Å². The molecule has 1 fully saturated rings. The summed E-state index contributed by atoms with van der Waals surface area (Å²) in [4.78, 5) is 29.5. The zero-order chi connectivity index (χ0) is 42.1. The van der Waals surface area contributed by atoms with Crippen molar-refractivity contribution in [2.45, 2.75) is 75.4 Å². The molecular formula is C39H45F3N4O10S2. The van der Waals surface area contributed by atoms with Gasteiger partial charge in [0.25, 0.3) is 10.1 Å². The molecule has 0 saturated carbocycles. The van der Waals surface area contributed by atoms with Crippen LogP contribution in [-0.4, -0.2) is 84.5 Å². The fourth-order valence-corrected chi connectivity index (χ4v) is 8.06. The van der Waals surface area contributed by atoms with Gasteiger partial charge in [-0.1, -0.05) is 44.6 Å². The molecule has 2 heterocycles. The van der Waals surface area contributed by atoms with Gasteiger partial charge < -0.3 is 23.7 Å². The first-order valence-corrected chi connectivity index (χ1v) is 20.8. The van der Waals surface area contributed by atoms with Gasteiger partial charge in [-0.05, 0) is 56.0 Å². The average molecular weight is 851 g/mol. The van der Waals surface area contributed by atoms with Crippen LogP contribution in [0.25, 0.3) is 6.08 Å². The molecule has 14 nitrogen and oxygen atoms in total. The molecular weight excluding hydrogens is 806 g/mol. The first kappa shape index (κ1) is 46.0. The molecule has 0 aliphatic carbocycles. The van der Waals surface area contributed by atoms with Crippen molar-refractivity contribution in [3.63, 3.8) is 0 Å². The van der Waals surface area contributed by atoms with E-state index >= 15 is 4.39 Å². The molecule has 0 N–H and O–H groups in total. The molecule has 1 saturated heterocycles. The summed E-state index contributed by atoms with van der Waals surface area (Å²) in [6, 6.07) is 8.84. The zero-order valence-corrected chi connectivity index (χ0v) is 33.8. The molecule has 0 bridgehead atoms. The number of carbonyl (C=O) groups excluding carboxylic acids is 2. The second-order valence-electron chi connectivity index (χ2n) is 13.5. The van der Waals surface area contributed by atoms with Gasteiger partial charge in [0.2, 0.25) is 6.79 Å². The third-order valence-corrected chi connectivity index (χ3v) is 11.2. The van der Waals surface area contributed by atoms with Crippen LogP contribution < -0.4 is 0 Å². The number of hydrogen-bond donors (Lipinski definition) is 0. The Morgan fingerprint density at radius 2 is 1.83 bits per heavy atom. The number of thioether (sulfide) groups is 1.